The van der Waals surface area contributed by atoms with Gasteiger partial charge in [-0.2, -0.15) is 0 Å². The van der Waals surface area contributed by atoms with E-state index in [2.05, 4.69) is 14.9 Å². The second kappa shape index (κ2) is 6.60. The number of piperidine rings is 1. The van der Waals surface area contributed by atoms with Crippen molar-refractivity contribution in [3.05, 3.63) is 42.7 Å². The zero-order chi connectivity index (χ0) is 15.4. The fraction of sp³-hybridized carbons (Fsp3) is 0.438. The minimum absolute atomic E-state index is 0.00396. The number of carbonyl (C=O) groups is 1. The minimum atomic E-state index is -0.00396. The van der Waals surface area contributed by atoms with Crippen molar-refractivity contribution in [2.45, 2.75) is 19.4 Å². The second-order valence-electron chi connectivity index (χ2n) is 5.62. The van der Waals surface area contributed by atoms with E-state index >= 15 is 0 Å². The lowest BCUT2D eigenvalue weighted by atomic mass is 9.96. The third-order valence-corrected chi connectivity index (χ3v) is 3.99. The molecule has 0 N–H and O–H groups in total. The van der Waals surface area contributed by atoms with Gasteiger partial charge in [0.05, 0.1) is 24.9 Å². The molecule has 116 valence electrons. The Labute approximate surface area is 129 Å². The molecule has 0 aliphatic carbocycles. The molecule has 6 heteroatoms. The molecule has 0 spiro atoms. The molecule has 0 saturated carbocycles. The zero-order valence-electron chi connectivity index (χ0n) is 12.7. The molecular formula is C16H20N4O2. The Kier molecular flexibility index (Phi) is 4.37. The third-order valence-electron chi connectivity index (χ3n) is 3.99. The highest BCUT2D eigenvalue weighted by Crippen LogP contribution is 2.22. The molecule has 6 nitrogen and oxygen atoms in total. The highest BCUT2D eigenvalue weighted by atomic mass is 16.3. The third kappa shape index (κ3) is 3.27. The molecule has 0 radical (unpaired) electrons. The molecule has 3 rings (SSSR count). The molecule has 3 heterocycles. The summed E-state index contributed by atoms with van der Waals surface area (Å²) >= 11 is 0. The van der Waals surface area contributed by atoms with E-state index in [1.807, 2.05) is 19.2 Å². The van der Waals surface area contributed by atoms with Gasteiger partial charge in [0.15, 0.2) is 0 Å². The number of furan rings is 1. The first-order valence-electron chi connectivity index (χ1n) is 7.52. The average Bonchev–Trinajstić information content (AvgIpc) is 3.08. The number of aromatic nitrogens is 2. The molecule has 2 aromatic heterocycles. The van der Waals surface area contributed by atoms with Crippen molar-refractivity contribution in [2.24, 2.45) is 5.92 Å². The molecule has 0 unspecified atom stereocenters. The second-order valence-corrected chi connectivity index (χ2v) is 5.62. The Morgan fingerprint density at radius 1 is 1.50 bits per heavy atom. The Balaban J connectivity index is 1.62. The minimum Gasteiger partial charge on any atom is -0.467 e. The van der Waals surface area contributed by atoms with Gasteiger partial charge in [0.2, 0.25) is 5.91 Å². The van der Waals surface area contributed by atoms with Gasteiger partial charge in [-0.3, -0.25) is 9.78 Å². The highest BCUT2D eigenvalue weighted by molar-refractivity contribution is 5.79. The molecule has 1 atom stereocenters. The molecule has 1 aliphatic heterocycles. The van der Waals surface area contributed by atoms with Crippen molar-refractivity contribution in [1.29, 1.82) is 0 Å². The molecule has 22 heavy (non-hydrogen) atoms. The van der Waals surface area contributed by atoms with Gasteiger partial charge < -0.3 is 14.2 Å². The normalized spacial score (nSPS) is 18.2. The van der Waals surface area contributed by atoms with Crippen molar-refractivity contribution in [3.8, 4) is 0 Å². The van der Waals surface area contributed by atoms with Crippen molar-refractivity contribution < 1.29 is 9.21 Å². The summed E-state index contributed by atoms with van der Waals surface area (Å²) in [4.78, 5) is 24.9. The monoisotopic (exact) mass is 300 g/mol. The van der Waals surface area contributed by atoms with Crippen molar-refractivity contribution in [1.82, 2.24) is 14.9 Å². The van der Waals surface area contributed by atoms with E-state index in [0.717, 1.165) is 31.0 Å². The number of amides is 1. The molecule has 1 fully saturated rings. The van der Waals surface area contributed by atoms with Crippen LogP contribution in [0.4, 0.5) is 5.82 Å². The standard InChI is InChI=1S/C16H20N4O2/c1-19(12-14-5-3-9-22-14)16(21)13-4-2-8-20(11-13)15-10-17-6-7-18-15/h3,5-7,9-10,13H,2,4,8,11-12H2,1H3/t13-/m0/s1. The van der Waals surface area contributed by atoms with E-state index in [1.54, 1.807) is 29.8 Å². The number of hydrogen-bond donors (Lipinski definition) is 0. The summed E-state index contributed by atoms with van der Waals surface area (Å²) in [6.07, 6.45) is 8.63. The van der Waals surface area contributed by atoms with Crippen LogP contribution in [0.5, 0.6) is 0 Å². The van der Waals surface area contributed by atoms with Gasteiger partial charge in [-0.25, -0.2) is 4.98 Å². The highest BCUT2D eigenvalue weighted by Gasteiger charge is 2.28. The van der Waals surface area contributed by atoms with Crippen LogP contribution in [-0.2, 0) is 11.3 Å². The fourth-order valence-electron chi connectivity index (χ4n) is 2.87. The van der Waals surface area contributed by atoms with Crippen LogP contribution in [0.2, 0.25) is 0 Å². The molecule has 1 aliphatic rings. The fourth-order valence-corrected chi connectivity index (χ4v) is 2.87. The van der Waals surface area contributed by atoms with Crippen LogP contribution in [0.15, 0.2) is 41.4 Å². The van der Waals surface area contributed by atoms with E-state index in [0.29, 0.717) is 13.1 Å². The molecule has 1 saturated heterocycles. The summed E-state index contributed by atoms with van der Waals surface area (Å²) in [6.45, 7) is 2.12. The smallest absolute Gasteiger partial charge is 0.227 e. The van der Waals surface area contributed by atoms with Crippen LogP contribution in [0.3, 0.4) is 0 Å². The number of hydrogen-bond acceptors (Lipinski definition) is 5. The number of anilines is 1. The quantitative estimate of drug-likeness (QED) is 0.863. The van der Waals surface area contributed by atoms with Crippen LogP contribution >= 0.6 is 0 Å². The Bertz CT molecular complexity index is 600. The van der Waals surface area contributed by atoms with E-state index in [4.69, 9.17) is 4.42 Å². The maximum absolute atomic E-state index is 12.6. The summed E-state index contributed by atoms with van der Waals surface area (Å²) in [5.74, 6) is 1.80. The number of carbonyl (C=O) groups excluding carboxylic acids is 1. The average molecular weight is 300 g/mol. The Morgan fingerprint density at radius 2 is 2.41 bits per heavy atom. The summed E-state index contributed by atoms with van der Waals surface area (Å²) in [6, 6.07) is 3.72. The summed E-state index contributed by atoms with van der Waals surface area (Å²) in [5.41, 5.74) is 0. The lowest BCUT2D eigenvalue weighted by Gasteiger charge is -2.34. The van der Waals surface area contributed by atoms with E-state index in [9.17, 15) is 4.79 Å². The van der Waals surface area contributed by atoms with Crippen LogP contribution < -0.4 is 4.90 Å². The van der Waals surface area contributed by atoms with E-state index < -0.39 is 0 Å². The molecule has 2 aromatic rings. The predicted octanol–water partition coefficient (Wildman–Crippen LogP) is 1.94. The number of nitrogens with zero attached hydrogens (tertiary/aromatic N) is 4. The SMILES string of the molecule is CN(Cc1ccco1)C(=O)[C@H]1CCCN(c2cnccn2)C1. The van der Waals surface area contributed by atoms with Crippen molar-refractivity contribution in [2.75, 3.05) is 25.0 Å². The maximum Gasteiger partial charge on any atom is 0.227 e. The van der Waals surface area contributed by atoms with Crippen LogP contribution in [0, 0.1) is 5.92 Å². The van der Waals surface area contributed by atoms with Gasteiger partial charge in [-0.15, -0.1) is 0 Å². The lowest BCUT2D eigenvalue weighted by Crippen LogP contribution is -2.43. The van der Waals surface area contributed by atoms with Crippen LogP contribution in [-0.4, -0.2) is 40.9 Å². The Hall–Kier alpha value is -2.37. The van der Waals surface area contributed by atoms with Crippen molar-refractivity contribution in [3.63, 3.8) is 0 Å². The lowest BCUT2D eigenvalue weighted by molar-refractivity contribution is -0.135. The van der Waals surface area contributed by atoms with Crippen LogP contribution in [0.25, 0.3) is 0 Å². The first-order valence-corrected chi connectivity index (χ1v) is 7.52. The maximum atomic E-state index is 12.6. The zero-order valence-corrected chi connectivity index (χ0v) is 12.7. The molecular weight excluding hydrogens is 280 g/mol. The van der Waals surface area contributed by atoms with Gasteiger partial charge >= 0.3 is 0 Å². The largest absolute Gasteiger partial charge is 0.467 e. The van der Waals surface area contributed by atoms with Crippen LogP contribution in [0.1, 0.15) is 18.6 Å². The number of rotatable bonds is 4. The predicted molar refractivity (Wildman–Crippen MR) is 82.2 cm³/mol. The van der Waals surface area contributed by atoms with Gasteiger partial charge in [0, 0.05) is 32.5 Å². The van der Waals surface area contributed by atoms with E-state index in [1.165, 1.54) is 0 Å². The van der Waals surface area contributed by atoms with Gasteiger partial charge in [-0.05, 0) is 25.0 Å². The first-order chi connectivity index (χ1) is 10.7. The van der Waals surface area contributed by atoms with E-state index in [-0.39, 0.29) is 11.8 Å². The molecule has 0 aromatic carbocycles. The topological polar surface area (TPSA) is 62.5 Å². The van der Waals surface area contributed by atoms with Gasteiger partial charge in [-0.1, -0.05) is 0 Å². The first kappa shape index (κ1) is 14.6. The summed E-state index contributed by atoms with van der Waals surface area (Å²) < 4.78 is 5.31. The molecule has 0 bridgehead atoms. The van der Waals surface area contributed by atoms with Gasteiger partial charge in [0.1, 0.15) is 11.6 Å². The Morgan fingerprint density at radius 3 is 3.14 bits per heavy atom. The summed E-state index contributed by atoms with van der Waals surface area (Å²) in [5, 5.41) is 0. The van der Waals surface area contributed by atoms with Gasteiger partial charge in [0.25, 0.3) is 0 Å². The summed E-state index contributed by atoms with van der Waals surface area (Å²) in [7, 11) is 1.83. The van der Waals surface area contributed by atoms with Crippen molar-refractivity contribution >= 4 is 11.7 Å². The molecule has 1 amide bonds.